The fraction of sp³-hybridized carbons (Fsp3) is 0.933. The summed E-state index contributed by atoms with van der Waals surface area (Å²) in [6.45, 7) is 3.85. The van der Waals surface area contributed by atoms with Crippen LogP contribution in [0.1, 0.15) is 502 Å². The fourth-order valence-electron chi connectivity index (χ4n) is 14.2. The molecule has 99 heavy (non-hydrogen) atoms. The number of hydrogen-bond acceptors (Lipinski definition) is 8. The molecule has 0 bridgehead atoms. The second-order valence-electron chi connectivity index (χ2n) is 30.8. The average molecular weight is 1420 g/mol. The Bertz CT molecular complexity index is 1670. The van der Waals surface area contributed by atoms with E-state index in [1.165, 1.54) is 437 Å². The number of ether oxygens (including phenoxy) is 2. The van der Waals surface area contributed by atoms with Crippen molar-refractivity contribution >= 4 is 19.8 Å². The number of nitrogens with two attached hydrogens (primary N) is 1. The Morgan fingerprint density at radius 3 is 0.717 bits per heavy atom. The van der Waals surface area contributed by atoms with Crippen LogP contribution in [0.2, 0.25) is 0 Å². The second-order valence-corrected chi connectivity index (χ2v) is 32.3. The minimum atomic E-state index is -4.39. The molecule has 0 amide bonds. The highest BCUT2D eigenvalue weighted by Gasteiger charge is 2.26. The van der Waals surface area contributed by atoms with Crippen molar-refractivity contribution in [2.75, 3.05) is 26.4 Å². The van der Waals surface area contributed by atoms with E-state index in [0.29, 0.717) is 6.42 Å². The molecule has 2 atom stereocenters. The largest absolute Gasteiger partial charge is 0.472 e. The van der Waals surface area contributed by atoms with Gasteiger partial charge in [0.05, 0.1) is 13.2 Å². The van der Waals surface area contributed by atoms with Crippen LogP contribution in [-0.4, -0.2) is 49.3 Å². The predicted octanol–water partition coefficient (Wildman–Crippen LogP) is 30.3. The van der Waals surface area contributed by atoms with E-state index < -0.39 is 26.5 Å². The van der Waals surface area contributed by atoms with Gasteiger partial charge in [-0.3, -0.25) is 18.6 Å². The summed E-state index contributed by atoms with van der Waals surface area (Å²) in [5.74, 6) is -0.795. The summed E-state index contributed by atoms with van der Waals surface area (Å²) in [5, 5.41) is 0. The third kappa shape index (κ3) is 85.3. The highest BCUT2D eigenvalue weighted by atomic mass is 31.2. The minimum Gasteiger partial charge on any atom is -0.462 e. The van der Waals surface area contributed by atoms with Crippen LogP contribution in [0, 0.1) is 0 Å². The first-order chi connectivity index (χ1) is 48.8. The van der Waals surface area contributed by atoms with Crippen LogP contribution < -0.4 is 5.73 Å². The Morgan fingerprint density at radius 1 is 0.293 bits per heavy atom. The number of allylic oxidation sites excluding steroid dienone is 4. The minimum absolute atomic E-state index is 0.0578. The number of carbonyl (C=O) groups is 2. The molecule has 588 valence electrons. The maximum atomic E-state index is 12.8. The lowest BCUT2D eigenvalue weighted by molar-refractivity contribution is -0.161. The molecule has 0 heterocycles. The summed E-state index contributed by atoms with van der Waals surface area (Å²) in [6, 6.07) is 0. The molecule has 0 aromatic carbocycles. The molecular formula is C89H174NO8P. The number of hydrogen-bond donors (Lipinski definition) is 2. The molecule has 0 fully saturated rings. The van der Waals surface area contributed by atoms with Crippen LogP contribution in [0.4, 0.5) is 0 Å². The zero-order valence-electron chi connectivity index (χ0n) is 66.8. The van der Waals surface area contributed by atoms with Crippen molar-refractivity contribution in [3.05, 3.63) is 24.3 Å². The van der Waals surface area contributed by atoms with Crippen molar-refractivity contribution in [3.63, 3.8) is 0 Å². The zero-order chi connectivity index (χ0) is 71.5. The van der Waals surface area contributed by atoms with E-state index in [1.54, 1.807) is 0 Å². The van der Waals surface area contributed by atoms with E-state index in [1.807, 2.05) is 0 Å². The van der Waals surface area contributed by atoms with Gasteiger partial charge >= 0.3 is 19.8 Å². The average Bonchev–Trinajstić information content (AvgIpc) is 1.52. The maximum Gasteiger partial charge on any atom is 0.472 e. The van der Waals surface area contributed by atoms with Crippen molar-refractivity contribution in [1.82, 2.24) is 0 Å². The molecule has 3 N–H and O–H groups in total. The van der Waals surface area contributed by atoms with E-state index in [9.17, 15) is 19.0 Å². The normalized spacial score (nSPS) is 12.8. The van der Waals surface area contributed by atoms with E-state index in [4.69, 9.17) is 24.3 Å². The lowest BCUT2D eigenvalue weighted by Crippen LogP contribution is -2.29. The van der Waals surface area contributed by atoms with Crippen LogP contribution in [0.15, 0.2) is 24.3 Å². The number of phosphoric acid groups is 1. The molecule has 0 saturated heterocycles. The number of carbonyl (C=O) groups excluding carboxylic acids is 2. The SMILES string of the molecule is CCCCCCCCCC/C=C\CCCCCCCCCCCCCCCCCCCCCCCCCCCCCC(=O)OCC(COP(=O)(O)OCCN)OC(=O)CCCCCCCCCCCCCCCCCCCCCCCCCCCCC/C=C\CCCCCCCCCC. The van der Waals surface area contributed by atoms with E-state index in [-0.39, 0.29) is 38.6 Å². The Labute approximate surface area is 618 Å². The molecule has 0 aliphatic carbocycles. The van der Waals surface area contributed by atoms with E-state index in [0.717, 1.165) is 32.1 Å². The van der Waals surface area contributed by atoms with Gasteiger partial charge < -0.3 is 20.1 Å². The van der Waals surface area contributed by atoms with Crippen molar-refractivity contribution in [1.29, 1.82) is 0 Å². The van der Waals surface area contributed by atoms with Crippen LogP contribution in [0.25, 0.3) is 0 Å². The number of rotatable bonds is 87. The van der Waals surface area contributed by atoms with Crippen LogP contribution in [0.3, 0.4) is 0 Å². The molecule has 0 aromatic heterocycles. The van der Waals surface area contributed by atoms with E-state index in [2.05, 4.69) is 38.2 Å². The van der Waals surface area contributed by atoms with Gasteiger partial charge in [-0.05, 0) is 64.2 Å². The third-order valence-electron chi connectivity index (χ3n) is 20.8. The summed E-state index contributed by atoms with van der Waals surface area (Å²) in [7, 11) is -4.39. The number of phosphoric ester groups is 1. The molecule has 0 rings (SSSR count). The molecule has 0 radical (unpaired) electrons. The summed E-state index contributed by atoms with van der Waals surface area (Å²) >= 11 is 0. The molecule has 0 spiro atoms. The smallest absolute Gasteiger partial charge is 0.462 e. The predicted molar refractivity (Wildman–Crippen MR) is 432 cm³/mol. The number of esters is 2. The maximum absolute atomic E-state index is 12.8. The second kappa shape index (κ2) is 85.4. The van der Waals surface area contributed by atoms with Gasteiger partial charge in [-0.25, -0.2) is 4.57 Å². The fourth-order valence-corrected chi connectivity index (χ4v) is 14.9. The summed E-state index contributed by atoms with van der Waals surface area (Å²) in [4.78, 5) is 35.5. The van der Waals surface area contributed by atoms with Gasteiger partial charge in [0.1, 0.15) is 6.61 Å². The molecule has 0 aromatic rings. The summed E-state index contributed by atoms with van der Waals surface area (Å²) in [5.41, 5.74) is 5.43. The molecule has 9 nitrogen and oxygen atoms in total. The van der Waals surface area contributed by atoms with Gasteiger partial charge in [0, 0.05) is 19.4 Å². The van der Waals surface area contributed by atoms with Crippen LogP contribution in [-0.2, 0) is 32.7 Å². The Balaban J connectivity index is 3.68. The van der Waals surface area contributed by atoms with Crippen LogP contribution in [0.5, 0.6) is 0 Å². The van der Waals surface area contributed by atoms with Gasteiger partial charge in [0.25, 0.3) is 0 Å². The Morgan fingerprint density at radius 2 is 0.495 bits per heavy atom. The van der Waals surface area contributed by atoms with Gasteiger partial charge in [0.15, 0.2) is 6.10 Å². The van der Waals surface area contributed by atoms with Gasteiger partial charge in [-0.15, -0.1) is 0 Å². The third-order valence-corrected chi connectivity index (χ3v) is 21.8. The Kier molecular flexibility index (Phi) is 84.1. The standard InChI is InChI=1S/C89H174NO8P/c1-3-5-7-9-11-13-15-17-19-21-23-25-27-29-31-33-35-37-39-41-43-45-47-49-51-53-55-57-59-61-63-65-67-69-71-73-75-77-79-81-88(91)95-85-87(86-97-99(93,94)96-84-83-90)98-89(92)82-80-78-76-74-72-70-68-66-64-62-60-58-56-54-52-50-48-46-44-42-40-38-36-34-32-30-28-26-24-22-20-18-16-14-12-10-8-6-4-2/h21-24,87H,3-20,25-86,90H2,1-2H3,(H,93,94)/b23-21-,24-22-. The van der Waals surface area contributed by atoms with Gasteiger partial charge in [-0.2, -0.15) is 0 Å². The first kappa shape index (κ1) is 97.5. The lowest BCUT2D eigenvalue weighted by Gasteiger charge is -2.19. The van der Waals surface area contributed by atoms with Crippen molar-refractivity contribution < 1.29 is 37.6 Å². The summed E-state index contributed by atoms with van der Waals surface area (Å²) in [6.07, 6.45) is 110. The quantitative estimate of drug-likeness (QED) is 0.0264. The van der Waals surface area contributed by atoms with Crippen molar-refractivity contribution in [2.24, 2.45) is 5.73 Å². The van der Waals surface area contributed by atoms with Crippen molar-refractivity contribution in [3.8, 4) is 0 Å². The molecule has 0 saturated carbocycles. The molecule has 0 aliphatic heterocycles. The highest BCUT2D eigenvalue weighted by molar-refractivity contribution is 7.47. The monoisotopic (exact) mass is 1420 g/mol. The zero-order valence-corrected chi connectivity index (χ0v) is 67.7. The molecule has 10 heteroatoms. The molecular weight excluding hydrogens is 1240 g/mol. The molecule has 0 aliphatic rings. The van der Waals surface area contributed by atoms with Crippen molar-refractivity contribution in [2.45, 2.75) is 508 Å². The summed E-state index contributed by atoms with van der Waals surface area (Å²) < 4.78 is 33.3. The number of unbranched alkanes of at least 4 members (excludes halogenated alkanes) is 70. The van der Waals surface area contributed by atoms with Crippen LogP contribution >= 0.6 is 7.82 Å². The lowest BCUT2D eigenvalue weighted by atomic mass is 10.0. The first-order valence-electron chi connectivity index (χ1n) is 44.8. The van der Waals surface area contributed by atoms with Gasteiger partial charge in [-0.1, -0.05) is 449 Å². The Hall–Kier alpha value is -1.51. The first-order valence-corrected chi connectivity index (χ1v) is 46.3. The molecule has 2 unspecified atom stereocenters. The van der Waals surface area contributed by atoms with Gasteiger partial charge in [0.2, 0.25) is 0 Å². The topological polar surface area (TPSA) is 134 Å². The van der Waals surface area contributed by atoms with E-state index >= 15 is 0 Å². The highest BCUT2D eigenvalue weighted by Crippen LogP contribution is 2.43.